The molecule has 140 valence electrons. The van der Waals surface area contributed by atoms with Crippen LogP contribution in [0.15, 0.2) is 12.3 Å². The first-order chi connectivity index (χ1) is 11.6. The van der Waals surface area contributed by atoms with Gasteiger partial charge < -0.3 is 9.74 Å². The Labute approximate surface area is 157 Å². The maximum absolute atomic E-state index is 12.3. The molecule has 1 saturated carbocycles. The summed E-state index contributed by atoms with van der Waals surface area (Å²) in [5, 5.41) is 4.02. The lowest BCUT2D eigenvalue weighted by Gasteiger charge is -2.36. The molecular weight excluding hydrogens is 352 g/mol. The summed E-state index contributed by atoms with van der Waals surface area (Å²) < 4.78 is 6.19. The van der Waals surface area contributed by atoms with Gasteiger partial charge in [0, 0.05) is 31.0 Å². The second-order valence-corrected chi connectivity index (χ2v) is 13.6. The van der Waals surface area contributed by atoms with Gasteiger partial charge in [-0.1, -0.05) is 32.4 Å². The lowest BCUT2D eigenvalue weighted by Crippen LogP contribution is -2.41. The van der Waals surface area contributed by atoms with Crippen molar-refractivity contribution in [1.29, 1.82) is 0 Å². The summed E-state index contributed by atoms with van der Waals surface area (Å²) in [5.74, 6) is 0.370. The molecule has 1 aromatic rings. The molecule has 0 aliphatic heterocycles. The molecule has 0 radical (unpaired) electrons. The molecule has 0 atom stereocenters. The summed E-state index contributed by atoms with van der Waals surface area (Å²) in [5.41, 5.74) is 1.48. The maximum atomic E-state index is 12.3. The highest BCUT2D eigenvalue weighted by Gasteiger charge is 2.36. The molecule has 1 N–H and O–H groups in total. The molecule has 0 amide bonds. The summed E-state index contributed by atoms with van der Waals surface area (Å²) in [4.78, 5) is 16.4. The number of unbranched alkanes of at least 4 members (excludes halogenated alkanes) is 1. The molecule has 1 heterocycles. The van der Waals surface area contributed by atoms with Crippen LogP contribution in [0.3, 0.4) is 0 Å². The van der Waals surface area contributed by atoms with E-state index in [2.05, 4.69) is 44.2 Å². The first kappa shape index (κ1) is 20.4. The molecule has 6 heteroatoms. The zero-order valence-corrected chi connectivity index (χ0v) is 17.9. The van der Waals surface area contributed by atoms with E-state index < -0.39 is 8.32 Å². The second kappa shape index (κ2) is 8.19. The largest absolute Gasteiger partial charge is 0.417 e. The molecular formula is C19H31ClN2O2Si. The number of hydrogen-bond donors (Lipinski definition) is 1. The van der Waals surface area contributed by atoms with Gasteiger partial charge in [-0.3, -0.25) is 4.79 Å². The number of Topliss-reactive ketones (excluding diaryl/α,β-unsaturated/α-hetero) is 1. The van der Waals surface area contributed by atoms with Gasteiger partial charge in [-0.2, -0.15) is 0 Å². The quantitative estimate of drug-likeness (QED) is 0.263. The third kappa shape index (κ3) is 5.80. The molecule has 0 bridgehead atoms. The van der Waals surface area contributed by atoms with Gasteiger partial charge in [0.1, 0.15) is 5.15 Å². The minimum Gasteiger partial charge on any atom is -0.417 e. The van der Waals surface area contributed by atoms with E-state index in [0.29, 0.717) is 10.7 Å². The molecule has 0 saturated heterocycles. The normalized spacial score (nSPS) is 15.3. The zero-order chi connectivity index (χ0) is 18.7. The number of ketones is 1. The van der Waals surface area contributed by atoms with Crippen LogP contribution in [0.25, 0.3) is 0 Å². The van der Waals surface area contributed by atoms with Crippen LogP contribution in [-0.4, -0.2) is 32.2 Å². The third-order valence-corrected chi connectivity index (χ3v) is 9.98. The van der Waals surface area contributed by atoms with E-state index in [-0.39, 0.29) is 16.7 Å². The number of halogens is 1. The Balaban J connectivity index is 1.78. The average Bonchev–Trinajstić information content (AvgIpc) is 3.34. The third-order valence-electron chi connectivity index (χ3n) is 5.24. The highest BCUT2D eigenvalue weighted by atomic mass is 35.5. The minimum atomic E-state index is -1.66. The Morgan fingerprint density at radius 1 is 1.36 bits per heavy atom. The highest BCUT2D eigenvalue weighted by Crippen LogP contribution is 2.37. The molecule has 25 heavy (non-hydrogen) atoms. The van der Waals surface area contributed by atoms with Crippen LogP contribution < -0.4 is 5.32 Å². The SMILES string of the molecule is CC(C)(C)[Si](C)(C)OCCCCNc1cc(Cl)ncc1C(=O)C1CC1. The fraction of sp³-hybridized carbons (Fsp3) is 0.684. The smallest absolute Gasteiger partial charge is 0.191 e. The van der Waals surface area contributed by atoms with Gasteiger partial charge in [-0.25, -0.2) is 4.98 Å². The van der Waals surface area contributed by atoms with Crippen LogP contribution in [0.2, 0.25) is 23.3 Å². The summed E-state index contributed by atoms with van der Waals surface area (Å²) in [6.07, 6.45) is 5.58. The Hall–Kier alpha value is -0.913. The van der Waals surface area contributed by atoms with Crippen LogP contribution in [0.4, 0.5) is 5.69 Å². The zero-order valence-electron chi connectivity index (χ0n) is 16.1. The lowest BCUT2D eigenvalue weighted by molar-refractivity contribution is 0.0968. The van der Waals surface area contributed by atoms with Crippen LogP contribution in [0.5, 0.6) is 0 Å². The summed E-state index contributed by atoms with van der Waals surface area (Å²) in [7, 11) is -1.66. The van der Waals surface area contributed by atoms with Gasteiger partial charge in [0.2, 0.25) is 0 Å². The molecule has 1 fully saturated rings. The molecule has 1 aliphatic rings. The molecule has 2 rings (SSSR count). The van der Waals surface area contributed by atoms with E-state index >= 15 is 0 Å². The number of pyridine rings is 1. The average molecular weight is 383 g/mol. The number of carbonyl (C=O) groups excluding carboxylic acids is 1. The van der Waals surface area contributed by atoms with Crippen molar-refractivity contribution in [1.82, 2.24) is 4.98 Å². The van der Waals surface area contributed by atoms with Crippen molar-refractivity contribution in [2.75, 3.05) is 18.5 Å². The van der Waals surface area contributed by atoms with Crippen LogP contribution in [0.1, 0.15) is 56.8 Å². The molecule has 4 nitrogen and oxygen atoms in total. The van der Waals surface area contributed by atoms with Crippen molar-refractivity contribution < 1.29 is 9.22 Å². The van der Waals surface area contributed by atoms with E-state index in [9.17, 15) is 4.79 Å². The van der Waals surface area contributed by atoms with Gasteiger partial charge in [0.25, 0.3) is 0 Å². The lowest BCUT2D eigenvalue weighted by atomic mass is 10.1. The predicted molar refractivity (Wildman–Crippen MR) is 107 cm³/mol. The molecule has 0 aromatic carbocycles. The van der Waals surface area contributed by atoms with E-state index in [4.69, 9.17) is 16.0 Å². The molecule has 0 spiro atoms. The Morgan fingerprint density at radius 2 is 2.04 bits per heavy atom. The molecule has 1 aliphatic carbocycles. The standard InChI is InChI=1S/C19H31ClN2O2Si/c1-19(2,3)25(4,5)24-11-7-6-10-21-16-12-17(20)22-13-15(16)18(23)14-8-9-14/h12-14H,6-11H2,1-5H3,(H,21,22). The number of aromatic nitrogens is 1. The Bertz CT molecular complexity index is 610. The van der Waals surface area contributed by atoms with Crippen molar-refractivity contribution in [2.24, 2.45) is 5.92 Å². The summed E-state index contributed by atoms with van der Waals surface area (Å²) in [6.45, 7) is 12.9. The highest BCUT2D eigenvalue weighted by molar-refractivity contribution is 6.74. The van der Waals surface area contributed by atoms with Crippen LogP contribution in [-0.2, 0) is 4.43 Å². The van der Waals surface area contributed by atoms with Gasteiger partial charge in [-0.15, -0.1) is 0 Å². The van der Waals surface area contributed by atoms with Crippen molar-refractivity contribution >= 4 is 31.4 Å². The van der Waals surface area contributed by atoms with E-state index in [1.54, 1.807) is 12.3 Å². The van der Waals surface area contributed by atoms with Crippen LogP contribution >= 0.6 is 11.6 Å². The van der Waals surface area contributed by atoms with Crippen LogP contribution in [0, 0.1) is 5.92 Å². The number of rotatable bonds is 9. The van der Waals surface area contributed by atoms with E-state index in [0.717, 1.165) is 44.5 Å². The van der Waals surface area contributed by atoms with E-state index in [1.165, 1.54) is 0 Å². The van der Waals surface area contributed by atoms with Gasteiger partial charge in [-0.05, 0) is 49.9 Å². The first-order valence-electron chi connectivity index (χ1n) is 9.19. The second-order valence-electron chi connectivity index (χ2n) is 8.43. The van der Waals surface area contributed by atoms with Gasteiger partial charge in [0.05, 0.1) is 5.56 Å². The van der Waals surface area contributed by atoms with Crippen molar-refractivity contribution in [3.63, 3.8) is 0 Å². The monoisotopic (exact) mass is 382 g/mol. The topological polar surface area (TPSA) is 51.2 Å². The first-order valence-corrected chi connectivity index (χ1v) is 12.5. The number of nitrogens with one attached hydrogen (secondary N) is 1. The number of nitrogens with zero attached hydrogens (tertiary/aromatic N) is 1. The number of hydrogen-bond acceptors (Lipinski definition) is 4. The summed E-state index contributed by atoms with van der Waals surface area (Å²) >= 11 is 5.99. The fourth-order valence-electron chi connectivity index (χ4n) is 2.33. The van der Waals surface area contributed by atoms with Crippen molar-refractivity contribution in [3.05, 3.63) is 23.0 Å². The maximum Gasteiger partial charge on any atom is 0.191 e. The van der Waals surface area contributed by atoms with E-state index in [1.807, 2.05) is 0 Å². The van der Waals surface area contributed by atoms with Gasteiger partial charge in [0.15, 0.2) is 14.1 Å². The van der Waals surface area contributed by atoms with Crippen molar-refractivity contribution in [2.45, 2.75) is 64.6 Å². The minimum absolute atomic E-state index is 0.182. The number of anilines is 1. The Kier molecular flexibility index (Phi) is 6.68. The summed E-state index contributed by atoms with van der Waals surface area (Å²) in [6, 6.07) is 1.75. The predicted octanol–water partition coefficient (Wildman–Crippen LogP) is 5.54. The molecule has 1 aromatic heterocycles. The number of carbonyl (C=O) groups is 1. The van der Waals surface area contributed by atoms with Crippen molar-refractivity contribution in [3.8, 4) is 0 Å². The van der Waals surface area contributed by atoms with Gasteiger partial charge >= 0.3 is 0 Å². The molecule has 0 unspecified atom stereocenters. The Morgan fingerprint density at radius 3 is 2.64 bits per heavy atom. The fourth-order valence-corrected chi connectivity index (χ4v) is 3.58.